The lowest BCUT2D eigenvalue weighted by molar-refractivity contribution is -0.118. The highest BCUT2D eigenvalue weighted by Gasteiger charge is 2.07. The van der Waals surface area contributed by atoms with Gasteiger partial charge in [-0.15, -0.1) is 10.2 Å². The van der Waals surface area contributed by atoms with Gasteiger partial charge in [0.15, 0.2) is 0 Å². The number of aryl methyl sites for hydroxylation is 1. The highest BCUT2D eigenvalue weighted by Crippen LogP contribution is 2.14. The van der Waals surface area contributed by atoms with Gasteiger partial charge in [0.2, 0.25) is 11.8 Å². The number of thioether (sulfide) groups is 1. The molecule has 7 heteroatoms. The van der Waals surface area contributed by atoms with Crippen LogP contribution in [0.25, 0.3) is 0 Å². The fourth-order valence-electron chi connectivity index (χ4n) is 1.11. The van der Waals surface area contributed by atoms with Crippen molar-refractivity contribution in [3.63, 3.8) is 0 Å². The molecule has 0 radical (unpaired) electrons. The zero-order valence-electron chi connectivity index (χ0n) is 9.17. The molecular weight excluding hydrogens is 242 g/mol. The van der Waals surface area contributed by atoms with Crippen LogP contribution in [0.2, 0.25) is 0 Å². The molecule has 0 saturated heterocycles. The molecule has 90 valence electrons. The van der Waals surface area contributed by atoms with E-state index in [4.69, 9.17) is 8.83 Å². The molecule has 0 atom stereocenters. The van der Waals surface area contributed by atoms with Crippen LogP contribution < -0.4 is 5.32 Å². The summed E-state index contributed by atoms with van der Waals surface area (Å²) in [4.78, 5) is 11.5. The Morgan fingerprint density at radius 3 is 3.06 bits per heavy atom. The second kappa shape index (κ2) is 5.53. The number of amides is 1. The van der Waals surface area contributed by atoms with E-state index >= 15 is 0 Å². The zero-order chi connectivity index (χ0) is 12.1. The summed E-state index contributed by atoms with van der Waals surface area (Å²) in [5, 5.41) is 10.6. The molecule has 0 saturated carbocycles. The van der Waals surface area contributed by atoms with E-state index in [0.717, 1.165) is 5.76 Å². The topological polar surface area (TPSA) is 81.2 Å². The molecule has 6 nitrogen and oxygen atoms in total. The van der Waals surface area contributed by atoms with Gasteiger partial charge >= 0.3 is 0 Å². The third kappa shape index (κ3) is 3.63. The minimum atomic E-state index is -0.109. The van der Waals surface area contributed by atoms with E-state index in [-0.39, 0.29) is 11.7 Å². The Morgan fingerprint density at radius 2 is 2.41 bits per heavy atom. The van der Waals surface area contributed by atoms with E-state index in [2.05, 4.69) is 15.5 Å². The Bertz CT molecular complexity index is 481. The summed E-state index contributed by atoms with van der Waals surface area (Å²) in [6.07, 6.45) is 1.57. The molecule has 2 aromatic heterocycles. The van der Waals surface area contributed by atoms with Crippen molar-refractivity contribution in [1.29, 1.82) is 0 Å². The maximum absolute atomic E-state index is 11.5. The largest absolute Gasteiger partial charge is 0.467 e. The number of furan rings is 1. The van der Waals surface area contributed by atoms with E-state index in [1.165, 1.54) is 11.8 Å². The number of carbonyl (C=O) groups excluding carboxylic acids is 1. The first-order chi connectivity index (χ1) is 8.24. The first-order valence-electron chi connectivity index (χ1n) is 4.96. The lowest BCUT2D eigenvalue weighted by Gasteiger charge is -2.00. The normalized spacial score (nSPS) is 10.4. The van der Waals surface area contributed by atoms with Crippen molar-refractivity contribution < 1.29 is 13.6 Å². The number of aromatic nitrogens is 2. The first kappa shape index (κ1) is 11.7. The Hall–Kier alpha value is -1.76. The van der Waals surface area contributed by atoms with Crippen LogP contribution in [0.4, 0.5) is 0 Å². The molecule has 17 heavy (non-hydrogen) atoms. The van der Waals surface area contributed by atoms with Crippen LogP contribution in [0.3, 0.4) is 0 Å². The number of carbonyl (C=O) groups is 1. The van der Waals surface area contributed by atoms with E-state index in [0.29, 0.717) is 17.7 Å². The lowest BCUT2D eigenvalue weighted by atomic mass is 10.4. The van der Waals surface area contributed by atoms with Gasteiger partial charge in [-0.25, -0.2) is 0 Å². The van der Waals surface area contributed by atoms with E-state index in [1.54, 1.807) is 25.3 Å². The van der Waals surface area contributed by atoms with Crippen LogP contribution in [-0.2, 0) is 11.3 Å². The fraction of sp³-hybridized carbons (Fsp3) is 0.300. The molecular formula is C10H11N3O3S. The number of nitrogens with zero attached hydrogens (tertiary/aromatic N) is 2. The van der Waals surface area contributed by atoms with Crippen molar-refractivity contribution in [3.05, 3.63) is 30.0 Å². The SMILES string of the molecule is Cc1nnc(SCC(=O)NCc2ccco2)o1. The van der Waals surface area contributed by atoms with Crippen molar-refractivity contribution in [1.82, 2.24) is 15.5 Å². The monoisotopic (exact) mass is 253 g/mol. The van der Waals surface area contributed by atoms with Crippen molar-refractivity contribution >= 4 is 17.7 Å². The van der Waals surface area contributed by atoms with Crippen LogP contribution in [0.15, 0.2) is 32.5 Å². The van der Waals surface area contributed by atoms with Crippen LogP contribution in [0, 0.1) is 6.92 Å². The first-order valence-corrected chi connectivity index (χ1v) is 5.94. The smallest absolute Gasteiger partial charge is 0.277 e. The highest BCUT2D eigenvalue weighted by atomic mass is 32.2. The number of rotatable bonds is 5. The molecule has 0 unspecified atom stereocenters. The summed E-state index contributed by atoms with van der Waals surface area (Å²) in [6, 6.07) is 3.58. The zero-order valence-corrected chi connectivity index (χ0v) is 9.99. The van der Waals surface area contributed by atoms with Gasteiger partial charge in [0.25, 0.3) is 5.22 Å². The van der Waals surface area contributed by atoms with Gasteiger partial charge in [0.05, 0.1) is 18.6 Å². The maximum Gasteiger partial charge on any atom is 0.277 e. The highest BCUT2D eigenvalue weighted by molar-refractivity contribution is 7.99. The molecule has 2 heterocycles. The Balaban J connectivity index is 1.71. The van der Waals surface area contributed by atoms with Crippen LogP contribution in [0.1, 0.15) is 11.7 Å². The second-order valence-corrected chi connectivity index (χ2v) is 4.16. The molecule has 1 N–H and O–H groups in total. The molecule has 0 aliphatic rings. The Kier molecular flexibility index (Phi) is 3.81. The van der Waals surface area contributed by atoms with E-state index < -0.39 is 0 Å². The summed E-state index contributed by atoms with van der Waals surface area (Å²) in [6.45, 7) is 2.09. The molecule has 2 aromatic rings. The molecule has 0 fully saturated rings. The van der Waals surface area contributed by atoms with Crippen LogP contribution in [-0.4, -0.2) is 21.9 Å². The van der Waals surface area contributed by atoms with Crippen LogP contribution >= 0.6 is 11.8 Å². The summed E-state index contributed by atoms with van der Waals surface area (Å²) in [7, 11) is 0. The Labute approximate surface area is 102 Å². The van der Waals surface area contributed by atoms with Crippen LogP contribution in [0.5, 0.6) is 0 Å². The van der Waals surface area contributed by atoms with E-state index in [9.17, 15) is 4.79 Å². The lowest BCUT2D eigenvalue weighted by Crippen LogP contribution is -2.24. The molecule has 0 spiro atoms. The van der Waals surface area contributed by atoms with Crippen molar-refractivity contribution in [3.8, 4) is 0 Å². The third-order valence-corrected chi connectivity index (χ3v) is 2.69. The fourth-order valence-corrected chi connectivity index (χ4v) is 1.75. The van der Waals surface area contributed by atoms with Crippen molar-refractivity contribution in [2.24, 2.45) is 0 Å². The average Bonchev–Trinajstić information content (AvgIpc) is 2.95. The van der Waals surface area contributed by atoms with Gasteiger partial charge in [-0.3, -0.25) is 4.79 Å². The molecule has 2 rings (SSSR count). The maximum atomic E-state index is 11.5. The number of hydrogen-bond donors (Lipinski definition) is 1. The van der Waals surface area contributed by atoms with Gasteiger partial charge in [-0.05, 0) is 12.1 Å². The van der Waals surface area contributed by atoms with Gasteiger partial charge in [-0.1, -0.05) is 11.8 Å². The van der Waals surface area contributed by atoms with Gasteiger partial charge in [0, 0.05) is 6.92 Å². The molecule has 0 aliphatic heterocycles. The van der Waals surface area contributed by atoms with Crippen molar-refractivity contribution in [2.45, 2.75) is 18.7 Å². The number of hydrogen-bond acceptors (Lipinski definition) is 6. The quantitative estimate of drug-likeness (QED) is 0.811. The van der Waals surface area contributed by atoms with E-state index in [1.807, 2.05) is 0 Å². The molecule has 1 amide bonds. The molecule has 0 aromatic carbocycles. The summed E-state index contributed by atoms with van der Waals surface area (Å²) in [5.74, 6) is 1.34. The minimum Gasteiger partial charge on any atom is -0.467 e. The van der Waals surface area contributed by atoms with Gasteiger partial charge < -0.3 is 14.2 Å². The predicted molar refractivity (Wildman–Crippen MR) is 60.3 cm³/mol. The standard InChI is InChI=1S/C10H11N3O3S/c1-7-12-13-10(16-7)17-6-9(14)11-5-8-3-2-4-15-8/h2-4H,5-6H2,1H3,(H,11,14). The second-order valence-electron chi connectivity index (χ2n) is 3.23. The third-order valence-electron chi connectivity index (χ3n) is 1.87. The molecule has 0 bridgehead atoms. The van der Waals surface area contributed by atoms with Gasteiger partial charge in [-0.2, -0.15) is 0 Å². The predicted octanol–water partition coefficient (Wildman–Crippen LogP) is 1.38. The minimum absolute atomic E-state index is 0.109. The van der Waals surface area contributed by atoms with Gasteiger partial charge in [0.1, 0.15) is 5.76 Å². The average molecular weight is 253 g/mol. The van der Waals surface area contributed by atoms with Crippen molar-refractivity contribution in [2.75, 3.05) is 5.75 Å². The number of nitrogens with one attached hydrogen (secondary N) is 1. The summed E-state index contributed by atoms with van der Waals surface area (Å²) in [5.41, 5.74) is 0. The summed E-state index contributed by atoms with van der Waals surface area (Å²) >= 11 is 1.20. The summed E-state index contributed by atoms with van der Waals surface area (Å²) < 4.78 is 10.2. The Morgan fingerprint density at radius 1 is 1.53 bits per heavy atom. The molecule has 0 aliphatic carbocycles.